The van der Waals surface area contributed by atoms with Gasteiger partial charge in [0, 0.05) is 5.69 Å². The Hall–Kier alpha value is -2.23. The van der Waals surface area contributed by atoms with E-state index in [0.29, 0.717) is 12.5 Å². The Morgan fingerprint density at radius 1 is 1.21 bits per heavy atom. The molecule has 0 radical (unpaired) electrons. The number of urea groups is 1. The average Bonchev–Trinajstić information content (AvgIpc) is 2.90. The number of benzene rings is 1. The third-order valence-corrected chi connectivity index (χ3v) is 2.84. The van der Waals surface area contributed by atoms with Crippen LogP contribution in [0.4, 0.5) is 10.5 Å². The van der Waals surface area contributed by atoms with Gasteiger partial charge in [0.2, 0.25) is 0 Å². The molecule has 0 saturated carbocycles. The Morgan fingerprint density at radius 2 is 1.95 bits per heavy atom. The maximum Gasteiger partial charge on any atom is 0.319 e. The zero-order chi connectivity index (χ0) is 13.7. The maximum absolute atomic E-state index is 11.7. The van der Waals surface area contributed by atoms with Crippen molar-refractivity contribution < 1.29 is 9.21 Å². The molecule has 0 atom stereocenters. The van der Waals surface area contributed by atoms with E-state index < -0.39 is 0 Å². The van der Waals surface area contributed by atoms with Crippen LogP contribution in [0.25, 0.3) is 0 Å². The monoisotopic (exact) mass is 258 g/mol. The molecule has 1 aromatic carbocycles. The summed E-state index contributed by atoms with van der Waals surface area (Å²) in [6, 6.07) is 11.2. The van der Waals surface area contributed by atoms with Crippen molar-refractivity contribution >= 4 is 11.7 Å². The highest BCUT2D eigenvalue weighted by Gasteiger charge is 2.04. The topological polar surface area (TPSA) is 54.3 Å². The van der Waals surface area contributed by atoms with Gasteiger partial charge in [0.25, 0.3) is 0 Å². The Balaban J connectivity index is 1.84. The van der Waals surface area contributed by atoms with Crippen LogP contribution in [0.1, 0.15) is 31.1 Å². The minimum Gasteiger partial charge on any atom is -0.467 e. The molecule has 2 amide bonds. The minimum atomic E-state index is -0.242. The van der Waals surface area contributed by atoms with Gasteiger partial charge in [-0.3, -0.25) is 0 Å². The van der Waals surface area contributed by atoms with Crippen LogP contribution in [0, 0.1) is 0 Å². The summed E-state index contributed by atoms with van der Waals surface area (Å²) in [5.74, 6) is 1.21. The number of rotatable bonds is 4. The van der Waals surface area contributed by atoms with Gasteiger partial charge < -0.3 is 15.1 Å². The third kappa shape index (κ3) is 3.88. The summed E-state index contributed by atoms with van der Waals surface area (Å²) in [5, 5.41) is 5.51. The summed E-state index contributed by atoms with van der Waals surface area (Å²) in [4.78, 5) is 11.7. The van der Waals surface area contributed by atoms with Crippen molar-refractivity contribution in [1.82, 2.24) is 5.32 Å². The van der Waals surface area contributed by atoms with E-state index in [1.54, 1.807) is 12.3 Å². The molecular formula is C15H18N2O2. The summed E-state index contributed by atoms with van der Waals surface area (Å²) in [6.45, 7) is 4.65. The fourth-order valence-corrected chi connectivity index (χ4v) is 1.71. The molecule has 0 unspecified atom stereocenters. The number of amides is 2. The summed E-state index contributed by atoms with van der Waals surface area (Å²) in [7, 11) is 0. The second kappa shape index (κ2) is 6.09. The quantitative estimate of drug-likeness (QED) is 0.878. The smallest absolute Gasteiger partial charge is 0.319 e. The first-order valence-electron chi connectivity index (χ1n) is 6.32. The Kier molecular flexibility index (Phi) is 4.23. The average molecular weight is 258 g/mol. The molecule has 0 aliphatic carbocycles. The summed E-state index contributed by atoms with van der Waals surface area (Å²) >= 11 is 0. The van der Waals surface area contributed by atoms with E-state index in [2.05, 4.69) is 24.5 Å². The molecule has 1 aromatic heterocycles. The first-order chi connectivity index (χ1) is 9.15. The molecule has 2 rings (SSSR count). The fourth-order valence-electron chi connectivity index (χ4n) is 1.71. The zero-order valence-corrected chi connectivity index (χ0v) is 11.1. The Morgan fingerprint density at radius 3 is 2.53 bits per heavy atom. The molecule has 1 heterocycles. The van der Waals surface area contributed by atoms with Crippen molar-refractivity contribution in [2.24, 2.45) is 0 Å². The molecule has 4 nitrogen and oxygen atoms in total. The van der Waals surface area contributed by atoms with E-state index in [-0.39, 0.29) is 6.03 Å². The SMILES string of the molecule is CC(C)c1ccc(NC(=O)NCc2ccco2)cc1. The van der Waals surface area contributed by atoms with E-state index in [1.165, 1.54) is 5.56 Å². The number of anilines is 1. The molecule has 0 spiro atoms. The van der Waals surface area contributed by atoms with Crippen LogP contribution in [0.5, 0.6) is 0 Å². The highest BCUT2D eigenvalue weighted by molar-refractivity contribution is 5.89. The molecule has 0 bridgehead atoms. The van der Waals surface area contributed by atoms with Crippen LogP contribution in [0.15, 0.2) is 47.1 Å². The number of carbonyl (C=O) groups is 1. The second-order valence-corrected chi connectivity index (χ2v) is 4.66. The van der Waals surface area contributed by atoms with E-state index >= 15 is 0 Å². The molecule has 0 saturated heterocycles. The predicted octanol–water partition coefficient (Wildman–Crippen LogP) is 3.72. The standard InChI is InChI=1S/C15H18N2O2/c1-11(2)12-5-7-13(8-6-12)17-15(18)16-10-14-4-3-9-19-14/h3-9,11H,10H2,1-2H3,(H2,16,17,18). The summed E-state index contributed by atoms with van der Waals surface area (Å²) < 4.78 is 5.13. The van der Waals surface area contributed by atoms with Gasteiger partial charge in [-0.05, 0) is 35.7 Å². The van der Waals surface area contributed by atoms with Crippen molar-refractivity contribution in [1.29, 1.82) is 0 Å². The Labute approximate surface area is 112 Å². The lowest BCUT2D eigenvalue weighted by Crippen LogP contribution is -2.27. The Bertz CT molecular complexity index is 516. The van der Waals surface area contributed by atoms with Crippen LogP contribution in [-0.4, -0.2) is 6.03 Å². The third-order valence-electron chi connectivity index (χ3n) is 2.84. The number of hydrogen-bond donors (Lipinski definition) is 2. The van der Waals surface area contributed by atoms with Gasteiger partial charge in [-0.1, -0.05) is 26.0 Å². The van der Waals surface area contributed by atoms with Crippen molar-refractivity contribution in [3.8, 4) is 0 Å². The van der Waals surface area contributed by atoms with Gasteiger partial charge in [-0.25, -0.2) is 4.79 Å². The molecular weight excluding hydrogens is 240 g/mol. The van der Waals surface area contributed by atoms with E-state index in [0.717, 1.165) is 11.4 Å². The molecule has 2 aromatic rings. The van der Waals surface area contributed by atoms with Crippen LogP contribution < -0.4 is 10.6 Å². The molecule has 19 heavy (non-hydrogen) atoms. The number of nitrogens with one attached hydrogen (secondary N) is 2. The number of furan rings is 1. The normalized spacial score (nSPS) is 10.5. The van der Waals surface area contributed by atoms with E-state index in [9.17, 15) is 4.79 Å². The fraction of sp³-hybridized carbons (Fsp3) is 0.267. The number of carbonyl (C=O) groups excluding carboxylic acids is 1. The molecule has 2 N–H and O–H groups in total. The lowest BCUT2D eigenvalue weighted by Gasteiger charge is -2.09. The minimum absolute atomic E-state index is 0.242. The van der Waals surface area contributed by atoms with Gasteiger partial charge in [0.05, 0.1) is 12.8 Å². The highest BCUT2D eigenvalue weighted by Crippen LogP contribution is 2.16. The largest absolute Gasteiger partial charge is 0.467 e. The molecule has 4 heteroatoms. The van der Waals surface area contributed by atoms with Gasteiger partial charge in [0.15, 0.2) is 0 Å². The summed E-state index contributed by atoms with van der Waals surface area (Å²) in [5.41, 5.74) is 2.03. The molecule has 0 aliphatic heterocycles. The van der Waals surface area contributed by atoms with E-state index in [1.807, 2.05) is 30.3 Å². The van der Waals surface area contributed by atoms with Crippen LogP contribution in [0.3, 0.4) is 0 Å². The van der Waals surface area contributed by atoms with E-state index in [4.69, 9.17) is 4.42 Å². The molecule has 0 fully saturated rings. The first-order valence-corrected chi connectivity index (χ1v) is 6.32. The van der Waals surface area contributed by atoms with Gasteiger partial charge >= 0.3 is 6.03 Å². The zero-order valence-electron chi connectivity index (χ0n) is 11.1. The predicted molar refractivity (Wildman–Crippen MR) is 75.1 cm³/mol. The van der Waals surface area contributed by atoms with Gasteiger partial charge in [0.1, 0.15) is 5.76 Å². The lowest BCUT2D eigenvalue weighted by molar-refractivity contribution is 0.251. The van der Waals surface area contributed by atoms with Crippen molar-refractivity contribution in [3.05, 3.63) is 54.0 Å². The molecule has 100 valence electrons. The van der Waals surface area contributed by atoms with Crippen LogP contribution >= 0.6 is 0 Å². The maximum atomic E-state index is 11.7. The van der Waals surface area contributed by atoms with Crippen LogP contribution in [-0.2, 0) is 6.54 Å². The highest BCUT2D eigenvalue weighted by atomic mass is 16.3. The van der Waals surface area contributed by atoms with Crippen molar-refractivity contribution in [2.75, 3.05) is 5.32 Å². The van der Waals surface area contributed by atoms with Crippen molar-refractivity contribution in [2.45, 2.75) is 26.3 Å². The van der Waals surface area contributed by atoms with Gasteiger partial charge in [-0.15, -0.1) is 0 Å². The first kappa shape index (κ1) is 13.2. The number of hydrogen-bond acceptors (Lipinski definition) is 2. The van der Waals surface area contributed by atoms with Gasteiger partial charge in [-0.2, -0.15) is 0 Å². The van der Waals surface area contributed by atoms with Crippen LogP contribution in [0.2, 0.25) is 0 Å². The molecule has 0 aliphatic rings. The van der Waals surface area contributed by atoms with Crippen molar-refractivity contribution in [3.63, 3.8) is 0 Å². The second-order valence-electron chi connectivity index (χ2n) is 4.66. The lowest BCUT2D eigenvalue weighted by atomic mass is 10.0. The summed E-state index contributed by atoms with van der Waals surface area (Å²) in [6.07, 6.45) is 1.58.